The van der Waals surface area contributed by atoms with Crippen LogP contribution < -0.4 is 5.32 Å². The van der Waals surface area contributed by atoms with E-state index in [-0.39, 0.29) is 6.10 Å². The maximum Gasteiger partial charge on any atom is 0.169 e. The van der Waals surface area contributed by atoms with Gasteiger partial charge in [-0.2, -0.15) is 0 Å². The van der Waals surface area contributed by atoms with Gasteiger partial charge in [-0.05, 0) is 35.0 Å². The van der Waals surface area contributed by atoms with Crippen molar-refractivity contribution in [2.24, 2.45) is 0 Å². The summed E-state index contributed by atoms with van der Waals surface area (Å²) >= 11 is 3.21. The van der Waals surface area contributed by atoms with Crippen LogP contribution in [0.1, 0.15) is 12.7 Å². The third kappa shape index (κ3) is 3.38. The molecule has 0 aromatic carbocycles. The van der Waals surface area contributed by atoms with E-state index in [9.17, 15) is 0 Å². The van der Waals surface area contributed by atoms with Crippen LogP contribution in [-0.4, -0.2) is 17.8 Å². The molecule has 0 fully saturated rings. The fourth-order valence-corrected chi connectivity index (χ4v) is 1.19. The Morgan fingerprint density at radius 3 is 2.92 bits per heavy atom. The number of halogens is 1. The van der Waals surface area contributed by atoms with E-state index in [1.807, 2.05) is 12.1 Å². The lowest BCUT2D eigenvalue weighted by Crippen LogP contribution is -2.23. The van der Waals surface area contributed by atoms with Crippen LogP contribution >= 0.6 is 15.9 Å². The summed E-state index contributed by atoms with van der Waals surface area (Å²) in [5.41, 5.74) is 0. The van der Waals surface area contributed by atoms with Gasteiger partial charge in [-0.1, -0.05) is 0 Å². The van der Waals surface area contributed by atoms with E-state index in [4.69, 9.17) is 9.52 Å². The van der Waals surface area contributed by atoms with Crippen molar-refractivity contribution in [2.45, 2.75) is 19.6 Å². The van der Waals surface area contributed by atoms with Gasteiger partial charge in [0.05, 0.1) is 12.6 Å². The molecule has 68 valence electrons. The summed E-state index contributed by atoms with van der Waals surface area (Å²) in [6.45, 7) is 2.97. The Morgan fingerprint density at radius 2 is 2.42 bits per heavy atom. The number of hydrogen-bond donors (Lipinski definition) is 2. The Morgan fingerprint density at radius 1 is 1.67 bits per heavy atom. The predicted octanol–water partition coefficient (Wildman–Crippen LogP) is 1.51. The molecule has 0 aliphatic rings. The summed E-state index contributed by atoms with van der Waals surface area (Å²) in [5.74, 6) is 0.863. The van der Waals surface area contributed by atoms with Crippen LogP contribution in [0.2, 0.25) is 0 Å². The summed E-state index contributed by atoms with van der Waals surface area (Å²) in [6.07, 6.45) is -0.316. The Balaban J connectivity index is 2.24. The minimum absolute atomic E-state index is 0.316. The van der Waals surface area contributed by atoms with Gasteiger partial charge in [-0.25, -0.2) is 0 Å². The van der Waals surface area contributed by atoms with Gasteiger partial charge in [-0.3, -0.25) is 0 Å². The zero-order valence-corrected chi connectivity index (χ0v) is 8.47. The summed E-state index contributed by atoms with van der Waals surface area (Å²) in [4.78, 5) is 0. The first-order chi connectivity index (χ1) is 5.68. The molecule has 1 aromatic rings. The highest BCUT2D eigenvalue weighted by molar-refractivity contribution is 9.10. The van der Waals surface area contributed by atoms with E-state index in [0.717, 1.165) is 10.4 Å². The molecule has 4 heteroatoms. The first kappa shape index (κ1) is 9.77. The van der Waals surface area contributed by atoms with Crippen molar-refractivity contribution >= 4 is 15.9 Å². The van der Waals surface area contributed by atoms with Gasteiger partial charge in [0, 0.05) is 6.54 Å². The summed E-state index contributed by atoms with van der Waals surface area (Å²) in [5, 5.41) is 12.0. The zero-order valence-electron chi connectivity index (χ0n) is 6.88. The number of aliphatic hydroxyl groups is 1. The van der Waals surface area contributed by atoms with Gasteiger partial charge in [0.2, 0.25) is 0 Å². The van der Waals surface area contributed by atoms with E-state index >= 15 is 0 Å². The topological polar surface area (TPSA) is 45.4 Å². The van der Waals surface area contributed by atoms with Crippen molar-refractivity contribution in [1.29, 1.82) is 0 Å². The summed E-state index contributed by atoms with van der Waals surface area (Å²) in [6, 6.07) is 3.73. The van der Waals surface area contributed by atoms with Gasteiger partial charge < -0.3 is 14.8 Å². The van der Waals surface area contributed by atoms with Crippen molar-refractivity contribution in [3.8, 4) is 0 Å². The van der Waals surface area contributed by atoms with Crippen LogP contribution in [0.25, 0.3) is 0 Å². The van der Waals surface area contributed by atoms with E-state index in [1.54, 1.807) is 6.92 Å². The molecular weight excluding hydrogens is 222 g/mol. The molecule has 1 rings (SSSR count). The zero-order chi connectivity index (χ0) is 8.97. The summed E-state index contributed by atoms with van der Waals surface area (Å²) < 4.78 is 5.97. The minimum atomic E-state index is -0.316. The van der Waals surface area contributed by atoms with Crippen molar-refractivity contribution in [3.63, 3.8) is 0 Å². The molecule has 2 N–H and O–H groups in total. The Kier molecular flexibility index (Phi) is 3.78. The van der Waals surface area contributed by atoms with E-state index < -0.39 is 0 Å². The molecule has 1 atom stereocenters. The highest BCUT2D eigenvalue weighted by Crippen LogP contribution is 2.13. The first-order valence-corrected chi connectivity index (χ1v) is 4.61. The lowest BCUT2D eigenvalue weighted by Gasteiger charge is -2.03. The molecule has 0 amide bonds. The van der Waals surface area contributed by atoms with E-state index in [0.29, 0.717) is 13.1 Å². The van der Waals surface area contributed by atoms with Crippen LogP contribution in [0, 0.1) is 0 Å². The number of nitrogens with one attached hydrogen (secondary N) is 1. The van der Waals surface area contributed by atoms with Crippen LogP contribution in [0.5, 0.6) is 0 Å². The highest BCUT2D eigenvalue weighted by Gasteiger charge is 1.99. The van der Waals surface area contributed by atoms with Crippen molar-refractivity contribution in [2.75, 3.05) is 6.54 Å². The molecule has 1 heterocycles. The number of furan rings is 1. The smallest absolute Gasteiger partial charge is 0.169 e. The normalized spacial score (nSPS) is 13.2. The number of rotatable bonds is 4. The van der Waals surface area contributed by atoms with Gasteiger partial charge >= 0.3 is 0 Å². The fraction of sp³-hybridized carbons (Fsp3) is 0.500. The fourth-order valence-electron chi connectivity index (χ4n) is 0.851. The second-order valence-electron chi connectivity index (χ2n) is 2.69. The summed E-state index contributed by atoms with van der Waals surface area (Å²) in [7, 11) is 0. The maximum atomic E-state index is 8.93. The van der Waals surface area contributed by atoms with Gasteiger partial charge in [-0.15, -0.1) is 0 Å². The molecule has 0 bridgehead atoms. The van der Waals surface area contributed by atoms with Gasteiger partial charge in [0.15, 0.2) is 4.67 Å². The first-order valence-electron chi connectivity index (χ1n) is 3.81. The quantitative estimate of drug-likeness (QED) is 0.830. The molecule has 12 heavy (non-hydrogen) atoms. The van der Waals surface area contributed by atoms with E-state index in [2.05, 4.69) is 21.2 Å². The Hall–Kier alpha value is -0.320. The van der Waals surface area contributed by atoms with Crippen LogP contribution in [0.4, 0.5) is 0 Å². The van der Waals surface area contributed by atoms with Crippen molar-refractivity contribution in [3.05, 3.63) is 22.6 Å². The molecular formula is C8H12BrNO2. The predicted molar refractivity (Wildman–Crippen MR) is 49.8 cm³/mol. The molecule has 0 aliphatic heterocycles. The Bertz CT molecular complexity index is 235. The third-order valence-electron chi connectivity index (χ3n) is 1.37. The molecule has 0 spiro atoms. The second-order valence-corrected chi connectivity index (χ2v) is 3.47. The molecule has 1 aromatic heterocycles. The molecule has 1 unspecified atom stereocenters. The second kappa shape index (κ2) is 4.64. The number of aliphatic hydroxyl groups excluding tert-OH is 1. The van der Waals surface area contributed by atoms with E-state index in [1.165, 1.54) is 0 Å². The lowest BCUT2D eigenvalue weighted by molar-refractivity contribution is 0.190. The molecule has 0 saturated carbocycles. The SMILES string of the molecule is CC(O)CNCc1ccc(Br)o1. The maximum absolute atomic E-state index is 8.93. The molecule has 3 nitrogen and oxygen atoms in total. The van der Waals surface area contributed by atoms with Crippen LogP contribution in [0.3, 0.4) is 0 Å². The molecule has 0 radical (unpaired) electrons. The lowest BCUT2D eigenvalue weighted by atomic mass is 10.4. The standard InChI is InChI=1S/C8H12BrNO2/c1-6(11)4-10-5-7-2-3-8(9)12-7/h2-3,6,10-11H,4-5H2,1H3. The monoisotopic (exact) mass is 233 g/mol. The number of hydrogen-bond acceptors (Lipinski definition) is 3. The van der Waals surface area contributed by atoms with Crippen molar-refractivity contribution < 1.29 is 9.52 Å². The van der Waals surface area contributed by atoms with Crippen LogP contribution in [0.15, 0.2) is 21.2 Å². The minimum Gasteiger partial charge on any atom is -0.453 e. The average molecular weight is 234 g/mol. The average Bonchev–Trinajstić information content (AvgIpc) is 2.35. The largest absolute Gasteiger partial charge is 0.453 e. The van der Waals surface area contributed by atoms with Gasteiger partial charge in [0.1, 0.15) is 5.76 Å². The van der Waals surface area contributed by atoms with Gasteiger partial charge in [0.25, 0.3) is 0 Å². The molecule has 0 saturated heterocycles. The third-order valence-corrected chi connectivity index (χ3v) is 1.79. The van der Waals surface area contributed by atoms with Crippen molar-refractivity contribution in [1.82, 2.24) is 5.32 Å². The highest BCUT2D eigenvalue weighted by atomic mass is 79.9. The Labute approximate surface area is 79.9 Å². The van der Waals surface area contributed by atoms with Crippen LogP contribution in [-0.2, 0) is 6.54 Å². The molecule has 0 aliphatic carbocycles.